The SMILES string of the molecule is COc1ccccc1CNC(=O)[C@@H]1CCN(S(C)(=O)=O)c2cc(Cl)ccc2O1. The van der Waals surface area contributed by atoms with Crippen LogP contribution in [0.15, 0.2) is 42.5 Å². The van der Waals surface area contributed by atoms with Crippen molar-refractivity contribution in [2.45, 2.75) is 19.1 Å². The monoisotopic (exact) mass is 424 g/mol. The molecule has 2 aromatic rings. The summed E-state index contributed by atoms with van der Waals surface area (Å²) in [6.45, 7) is 0.380. The van der Waals surface area contributed by atoms with E-state index in [0.29, 0.717) is 22.2 Å². The van der Waals surface area contributed by atoms with Crippen LogP contribution in [-0.2, 0) is 21.4 Å². The number of hydrogen-bond acceptors (Lipinski definition) is 5. The molecule has 28 heavy (non-hydrogen) atoms. The van der Waals surface area contributed by atoms with Crippen molar-refractivity contribution in [3.63, 3.8) is 0 Å². The molecule has 0 unspecified atom stereocenters. The fourth-order valence-corrected chi connectivity index (χ4v) is 4.13. The van der Waals surface area contributed by atoms with Crippen LogP contribution >= 0.6 is 11.6 Å². The number of sulfonamides is 1. The number of carbonyl (C=O) groups is 1. The van der Waals surface area contributed by atoms with Crippen LogP contribution in [0.2, 0.25) is 5.02 Å². The van der Waals surface area contributed by atoms with Gasteiger partial charge in [0.15, 0.2) is 6.10 Å². The van der Waals surface area contributed by atoms with Crippen molar-refractivity contribution < 1.29 is 22.7 Å². The zero-order valence-electron chi connectivity index (χ0n) is 15.5. The highest BCUT2D eigenvalue weighted by Crippen LogP contribution is 2.36. The molecular weight excluding hydrogens is 404 g/mol. The molecule has 1 aliphatic heterocycles. The molecule has 9 heteroatoms. The van der Waals surface area contributed by atoms with E-state index in [1.165, 1.54) is 10.4 Å². The van der Waals surface area contributed by atoms with E-state index in [4.69, 9.17) is 21.1 Å². The Labute approximate surface area is 169 Å². The van der Waals surface area contributed by atoms with Gasteiger partial charge in [-0.15, -0.1) is 0 Å². The summed E-state index contributed by atoms with van der Waals surface area (Å²) in [5, 5.41) is 3.21. The predicted molar refractivity (Wildman–Crippen MR) is 108 cm³/mol. The topological polar surface area (TPSA) is 84.9 Å². The summed E-state index contributed by atoms with van der Waals surface area (Å²) in [4.78, 5) is 12.7. The van der Waals surface area contributed by atoms with Crippen molar-refractivity contribution in [3.05, 3.63) is 53.1 Å². The van der Waals surface area contributed by atoms with E-state index in [-0.39, 0.29) is 25.4 Å². The molecular formula is C19H21ClN2O5S. The van der Waals surface area contributed by atoms with Crippen molar-refractivity contribution >= 4 is 33.2 Å². The lowest BCUT2D eigenvalue weighted by atomic mass is 10.2. The van der Waals surface area contributed by atoms with E-state index in [1.54, 1.807) is 19.2 Å². The molecule has 0 bridgehead atoms. The molecule has 1 heterocycles. The molecule has 0 radical (unpaired) electrons. The lowest BCUT2D eigenvalue weighted by molar-refractivity contribution is -0.128. The minimum Gasteiger partial charge on any atom is -0.496 e. The number of rotatable bonds is 5. The first-order valence-corrected chi connectivity index (χ1v) is 10.9. The number of methoxy groups -OCH3 is 1. The average Bonchev–Trinajstić information content (AvgIpc) is 2.85. The van der Waals surface area contributed by atoms with E-state index >= 15 is 0 Å². The van der Waals surface area contributed by atoms with E-state index in [0.717, 1.165) is 11.8 Å². The van der Waals surface area contributed by atoms with Crippen LogP contribution in [0.4, 0.5) is 5.69 Å². The van der Waals surface area contributed by atoms with Gasteiger partial charge >= 0.3 is 0 Å². The Bertz CT molecular complexity index is 980. The highest BCUT2D eigenvalue weighted by molar-refractivity contribution is 7.92. The quantitative estimate of drug-likeness (QED) is 0.797. The lowest BCUT2D eigenvalue weighted by Crippen LogP contribution is -2.39. The number of para-hydroxylation sites is 1. The van der Waals surface area contributed by atoms with Gasteiger partial charge in [-0.1, -0.05) is 29.8 Å². The molecule has 150 valence electrons. The first kappa shape index (κ1) is 20.3. The number of halogens is 1. The Hall–Kier alpha value is -2.45. The van der Waals surface area contributed by atoms with Crippen LogP contribution < -0.4 is 19.1 Å². The van der Waals surface area contributed by atoms with Crippen molar-refractivity contribution in [2.75, 3.05) is 24.2 Å². The van der Waals surface area contributed by atoms with Crippen molar-refractivity contribution in [3.8, 4) is 11.5 Å². The van der Waals surface area contributed by atoms with Crippen molar-refractivity contribution in [2.24, 2.45) is 0 Å². The highest BCUT2D eigenvalue weighted by atomic mass is 35.5. The summed E-state index contributed by atoms with van der Waals surface area (Å²) >= 11 is 6.02. The van der Waals surface area contributed by atoms with E-state index in [1.807, 2.05) is 24.3 Å². The molecule has 1 amide bonds. The zero-order chi connectivity index (χ0) is 20.3. The fourth-order valence-electron chi connectivity index (χ4n) is 3.03. The van der Waals surface area contributed by atoms with Crippen LogP contribution in [-0.4, -0.2) is 40.3 Å². The maximum absolute atomic E-state index is 12.7. The zero-order valence-corrected chi connectivity index (χ0v) is 17.1. The maximum atomic E-state index is 12.7. The Balaban J connectivity index is 1.78. The first-order chi connectivity index (χ1) is 13.3. The molecule has 0 spiro atoms. The second kappa shape index (κ2) is 8.28. The third-order valence-electron chi connectivity index (χ3n) is 4.39. The van der Waals surface area contributed by atoms with Crippen LogP contribution in [0.25, 0.3) is 0 Å². The minimum absolute atomic E-state index is 0.110. The first-order valence-electron chi connectivity index (χ1n) is 8.63. The Morgan fingerprint density at radius 2 is 2.07 bits per heavy atom. The number of benzene rings is 2. The Morgan fingerprint density at radius 3 is 2.79 bits per heavy atom. The third-order valence-corrected chi connectivity index (χ3v) is 5.81. The van der Waals surface area contributed by atoms with Gasteiger partial charge in [0, 0.05) is 30.1 Å². The Kier molecular flexibility index (Phi) is 6.00. The molecule has 3 rings (SSSR count). The Morgan fingerprint density at radius 1 is 1.32 bits per heavy atom. The average molecular weight is 425 g/mol. The number of carbonyl (C=O) groups excluding carboxylic acids is 1. The molecule has 7 nitrogen and oxygen atoms in total. The van der Waals surface area contributed by atoms with Gasteiger partial charge in [-0.05, 0) is 24.3 Å². The van der Waals surface area contributed by atoms with Crippen LogP contribution in [0.5, 0.6) is 11.5 Å². The van der Waals surface area contributed by atoms with Gasteiger partial charge in [-0.3, -0.25) is 9.10 Å². The summed E-state index contributed by atoms with van der Waals surface area (Å²) in [6, 6.07) is 12.1. The number of anilines is 1. The minimum atomic E-state index is -3.55. The normalized spacial score (nSPS) is 16.5. The summed E-state index contributed by atoms with van der Waals surface area (Å²) < 4.78 is 36.7. The molecule has 0 aliphatic carbocycles. The number of nitrogens with zero attached hydrogens (tertiary/aromatic N) is 1. The number of ether oxygens (including phenoxy) is 2. The van der Waals surface area contributed by atoms with Crippen molar-refractivity contribution in [1.29, 1.82) is 0 Å². The summed E-state index contributed by atoms with van der Waals surface area (Å²) in [6.07, 6.45) is 0.484. The van der Waals surface area contributed by atoms with E-state index in [2.05, 4.69) is 5.32 Å². The summed E-state index contributed by atoms with van der Waals surface area (Å²) in [5.74, 6) is 0.639. The van der Waals surface area contributed by atoms with Crippen LogP contribution in [0.3, 0.4) is 0 Å². The maximum Gasteiger partial charge on any atom is 0.261 e. The number of fused-ring (bicyclic) bond motifs is 1. The smallest absolute Gasteiger partial charge is 0.261 e. The van der Waals surface area contributed by atoms with Gasteiger partial charge in [0.25, 0.3) is 5.91 Å². The van der Waals surface area contributed by atoms with Gasteiger partial charge in [-0.25, -0.2) is 8.42 Å². The number of nitrogens with one attached hydrogen (secondary N) is 1. The lowest BCUT2D eigenvalue weighted by Gasteiger charge is -2.21. The van der Waals surface area contributed by atoms with Gasteiger partial charge in [0.05, 0.1) is 19.1 Å². The second-order valence-corrected chi connectivity index (χ2v) is 8.72. The van der Waals surface area contributed by atoms with Crippen molar-refractivity contribution in [1.82, 2.24) is 5.32 Å². The van der Waals surface area contributed by atoms with Gasteiger partial charge in [0.2, 0.25) is 10.0 Å². The summed E-state index contributed by atoms with van der Waals surface area (Å²) in [5.41, 5.74) is 1.16. The fraction of sp³-hybridized carbons (Fsp3) is 0.316. The van der Waals surface area contributed by atoms with Crippen LogP contribution in [0.1, 0.15) is 12.0 Å². The molecule has 0 saturated carbocycles. The molecule has 1 atom stereocenters. The molecule has 2 aromatic carbocycles. The standard InChI is InChI=1S/C19H21ClN2O5S/c1-26-16-6-4-3-5-13(16)12-21-19(23)18-9-10-22(28(2,24)25)15-11-14(20)7-8-17(15)27-18/h3-8,11,18H,9-10,12H2,1-2H3,(H,21,23)/t18-/m0/s1. The van der Waals surface area contributed by atoms with E-state index in [9.17, 15) is 13.2 Å². The molecule has 1 N–H and O–H groups in total. The number of amides is 1. The van der Waals surface area contributed by atoms with Gasteiger partial charge in [0.1, 0.15) is 11.5 Å². The number of hydrogen-bond donors (Lipinski definition) is 1. The largest absolute Gasteiger partial charge is 0.496 e. The molecule has 0 aromatic heterocycles. The van der Waals surface area contributed by atoms with Gasteiger partial charge < -0.3 is 14.8 Å². The van der Waals surface area contributed by atoms with E-state index < -0.39 is 16.1 Å². The highest BCUT2D eigenvalue weighted by Gasteiger charge is 2.31. The van der Waals surface area contributed by atoms with Crippen LogP contribution in [0, 0.1) is 0 Å². The third kappa shape index (κ3) is 4.51. The van der Waals surface area contributed by atoms with Gasteiger partial charge in [-0.2, -0.15) is 0 Å². The summed E-state index contributed by atoms with van der Waals surface area (Å²) in [7, 11) is -1.98. The molecule has 1 aliphatic rings. The molecule has 0 saturated heterocycles. The molecule has 0 fully saturated rings. The predicted octanol–water partition coefficient (Wildman–Crippen LogP) is 2.58. The second-order valence-electron chi connectivity index (χ2n) is 6.37.